The molecule has 0 fully saturated rings. The maximum atomic E-state index is 5.65. The van der Waals surface area contributed by atoms with Gasteiger partial charge in [-0.3, -0.25) is 0 Å². The predicted octanol–water partition coefficient (Wildman–Crippen LogP) is 3.57. The molecule has 1 N–H and O–H groups in total. The lowest BCUT2D eigenvalue weighted by molar-refractivity contribution is 0.312. The topological polar surface area (TPSA) is 21.3 Å². The number of aryl methyl sites for hydroxylation is 1. The molecule has 1 unspecified atom stereocenters. The third-order valence-electron chi connectivity index (χ3n) is 3.10. The summed E-state index contributed by atoms with van der Waals surface area (Å²) >= 11 is 0. The minimum absolute atomic E-state index is 0.569. The van der Waals surface area contributed by atoms with Crippen molar-refractivity contribution < 1.29 is 4.74 Å². The average Bonchev–Trinajstić information content (AvgIpc) is 2.42. The van der Waals surface area contributed by atoms with Crippen molar-refractivity contribution in [2.75, 3.05) is 13.7 Å². The highest BCUT2D eigenvalue weighted by Crippen LogP contribution is 2.14. The first-order chi connectivity index (χ1) is 8.76. The fourth-order valence-corrected chi connectivity index (χ4v) is 1.70. The lowest BCUT2D eigenvalue weighted by atomic mass is 10.1. The molecule has 18 heavy (non-hydrogen) atoms. The van der Waals surface area contributed by atoms with Crippen LogP contribution < -0.4 is 10.1 Å². The Hall–Kier alpha value is -1.28. The summed E-state index contributed by atoms with van der Waals surface area (Å²) in [6, 6.07) is 9.01. The Kier molecular flexibility index (Phi) is 7.19. The van der Waals surface area contributed by atoms with Gasteiger partial charge in [-0.1, -0.05) is 18.2 Å². The van der Waals surface area contributed by atoms with E-state index in [0.29, 0.717) is 6.04 Å². The Morgan fingerprint density at radius 2 is 2.06 bits per heavy atom. The van der Waals surface area contributed by atoms with E-state index in [9.17, 15) is 0 Å². The van der Waals surface area contributed by atoms with Crippen LogP contribution in [0.3, 0.4) is 0 Å². The number of nitrogens with one attached hydrogen (secondary N) is 1. The average molecular weight is 247 g/mol. The Morgan fingerprint density at radius 3 is 2.67 bits per heavy atom. The van der Waals surface area contributed by atoms with Crippen LogP contribution in [0.2, 0.25) is 0 Å². The van der Waals surface area contributed by atoms with Crippen LogP contribution in [0.4, 0.5) is 0 Å². The molecule has 0 heterocycles. The molecular weight excluding hydrogens is 222 g/mol. The second kappa shape index (κ2) is 8.76. The van der Waals surface area contributed by atoms with Crippen molar-refractivity contribution in [2.24, 2.45) is 0 Å². The molecule has 1 rings (SSSR count). The van der Waals surface area contributed by atoms with Gasteiger partial charge in [0.25, 0.3) is 0 Å². The van der Waals surface area contributed by atoms with Crippen LogP contribution in [0.5, 0.6) is 5.75 Å². The zero-order valence-corrected chi connectivity index (χ0v) is 11.6. The van der Waals surface area contributed by atoms with E-state index in [0.717, 1.165) is 38.0 Å². The fraction of sp³-hybridized carbons (Fsp3) is 0.500. The number of hydrogen-bond acceptors (Lipinski definition) is 2. The summed E-state index contributed by atoms with van der Waals surface area (Å²) in [6.07, 6.45) is 6.25. The highest BCUT2D eigenvalue weighted by atomic mass is 16.5. The largest absolute Gasteiger partial charge is 0.494 e. The number of rotatable bonds is 9. The minimum Gasteiger partial charge on any atom is -0.494 e. The number of unbranched alkanes of at least 4 members (excludes halogenated alkanes) is 1. The number of ether oxygens (including phenoxy) is 1. The quantitative estimate of drug-likeness (QED) is 0.532. The van der Waals surface area contributed by atoms with Gasteiger partial charge in [0.05, 0.1) is 6.61 Å². The van der Waals surface area contributed by atoms with Crippen molar-refractivity contribution in [3.8, 4) is 5.75 Å². The van der Waals surface area contributed by atoms with Crippen LogP contribution >= 0.6 is 0 Å². The SMILES string of the molecule is C=CCCCOc1ccc(CCC(C)NC)cc1. The van der Waals surface area contributed by atoms with E-state index in [4.69, 9.17) is 4.74 Å². The van der Waals surface area contributed by atoms with E-state index in [1.807, 2.05) is 13.1 Å². The molecule has 0 amide bonds. The minimum atomic E-state index is 0.569. The highest BCUT2D eigenvalue weighted by molar-refractivity contribution is 5.27. The molecule has 1 aromatic rings. The number of allylic oxidation sites excluding steroid dienone is 1. The number of benzene rings is 1. The molecule has 0 aromatic heterocycles. The van der Waals surface area contributed by atoms with E-state index >= 15 is 0 Å². The van der Waals surface area contributed by atoms with Crippen molar-refractivity contribution in [1.29, 1.82) is 0 Å². The lowest BCUT2D eigenvalue weighted by Crippen LogP contribution is -2.21. The van der Waals surface area contributed by atoms with Gasteiger partial charge in [-0.25, -0.2) is 0 Å². The second-order valence-corrected chi connectivity index (χ2v) is 4.65. The van der Waals surface area contributed by atoms with Gasteiger partial charge in [-0.05, 0) is 57.4 Å². The predicted molar refractivity (Wildman–Crippen MR) is 78.2 cm³/mol. The van der Waals surface area contributed by atoms with Crippen molar-refractivity contribution in [1.82, 2.24) is 5.32 Å². The van der Waals surface area contributed by atoms with E-state index in [2.05, 4.69) is 43.1 Å². The van der Waals surface area contributed by atoms with Crippen molar-refractivity contribution in [2.45, 2.75) is 38.6 Å². The summed E-state index contributed by atoms with van der Waals surface area (Å²) < 4.78 is 5.65. The molecule has 0 saturated heterocycles. The Balaban J connectivity index is 2.30. The van der Waals surface area contributed by atoms with Crippen molar-refractivity contribution >= 4 is 0 Å². The van der Waals surface area contributed by atoms with Crippen LogP contribution in [-0.4, -0.2) is 19.7 Å². The first-order valence-corrected chi connectivity index (χ1v) is 6.76. The summed E-state index contributed by atoms with van der Waals surface area (Å²) in [5.41, 5.74) is 1.37. The monoisotopic (exact) mass is 247 g/mol. The molecule has 0 spiro atoms. The number of hydrogen-bond donors (Lipinski definition) is 1. The standard InChI is InChI=1S/C16H25NO/c1-4-5-6-13-18-16-11-9-15(10-12-16)8-7-14(2)17-3/h4,9-12,14,17H,1,5-8,13H2,2-3H3. The Morgan fingerprint density at radius 1 is 1.33 bits per heavy atom. The zero-order chi connectivity index (χ0) is 13.2. The van der Waals surface area contributed by atoms with Gasteiger partial charge in [-0.15, -0.1) is 6.58 Å². The van der Waals surface area contributed by atoms with E-state index in [1.165, 1.54) is 5.56 Å². The molecule has 2 heteroatoms. The Bertz CT molecular complexity index is 331. The first-order valence-electron chi connectivity index (χ1n) is 6.76. The van der Waals surface area contributed by atoms with Gasteiger partial charge in [0.1, 0.15) is 5.75 Å². The molecule has 0 aliphatic carbocycles. The first kappa shape index (κ1) is 14.8. The molecule has 0 radical (unpaired) electrons. The fourth-order valence-electron chi connectivity index (χ4n) is 1.70. The normalized spacial score (nSPS) is 12.1. The van der Waals surface area contributed by atoms with Crippen molar-refractivity contribution in [3.63, 3.8) is 0 Å². The van der Waals surface area contributed by atoms with Gasteiger partial charge in [-0.2, -0.15) is 0 Å². The molecule has 100 valence electrons. The maximum Gasteiger partial charge on any atom is 0.119 e. The maximum absolute atomic E-state index is 5.65. The molecule has 0 aliphatic rings. The molecule has 1 aromatic carbocycles. The van der Waals surface area contributed by atoms with Gasteiger partial charge in [0.2, 0.25) is 0 Å². The van der Waals surface area contributed by atoms with E-state index < -0.39 is 0 Å². The molecule has 1 atom stereocenters. The summed E-state index contributed by atoms with van der Waals surface area (Å²) in [4.78, 5) is 0. The molecule has 0 saturated carbocycles. The van der Waals surface area contributed by atoms with Gasteiger partial charge >= 0.3 is 0 Å². The lowest BCUT2D eigenvalue weighted by Gasteiger charge is -2.10. The van der Waals surface area contributed by atoms with E-state index in [1.54, 1.807) is 0 Å². The second-order valence-electron chi connectivity index (χ2n) is 4.65. The summed E-state index contributed by atoms with van der Waals surface area (Å²) in [5.74, 6) is 0.962. The molecule has 0 bridgehead atoms. The highest BCUT2D eigenvalue weighted by Gasteiger charge is 2.00. The van der Waals surface area contributed by atoms with E-state index in [-0.39, 0.29) is 0 Å². The summed E-state index contributed by atoms with van der Waals surface area (Å²) in [7, 11) is 2.00. The Labute approximate surface area is 111 Å². The summed E-state index contributed by atoms with van der Waals surface area (Å²) in [5, 5.41) is 3.25. The van der Waals surface area contributed by atoms with Crippen LogP contribution in [0.1, 0.15) is 31.7 Å². The zero-order valence-electron chi connectivity index (χ0n) is 11.6. The third kappa shape index (κ3) is 5.87. The molecule has 0 aliphatic heterocycles. The van der Waals surface area contributed by atoms with Crippen molar-refractivity contribution in [3.05, 3.63) is 42.5 Å². The van der Waals surface area contributed by atoms with Crippen LogP contribution in [-0.2, 0) is 6.42 Å². The molecule has 2 nitrogen and oxygen atoms in total. The molecular formula is C16H25NO. The van der Waals surface area contributed by atoms with Gasteiger partial charge in [0, 0.05) is 6.04 Å². The van der Waals surface area contributed by atoms with Crippen LogP contribution in [0.15, 0.2) is 36.9 Å². The van der Waals surface area contributed by atoms with Crippen LogP contribution in [0.25, 0.3) is 0 Å². The smallest absolute Gasteiger partial charge is 0.119 e. The van der Waals surface area contributed by atoms with Crippen LogP contribution in [0, 0.1) is 0 Å². The van der Waals surface area contributed by atoms with Gasteiger partial charge < -0.3 is 10.1 Å². The van der Waals surface area contributed by atoms with Gasteiger partial charge in [0.15, 0.2) is 0 Å². The summed E-state index contributed by atoms with van der Waals surface area (Å²) in [6.45, 7) is 6.67. The third-order valence-corrected chi connectivity index (χ3v) is 3.10.